The van der Waals surface area contributed by atoms with E-state index in [1.165, 1.54) is 64.1 Å². The molecule has 0 aliphatic rings. The van der Waals surface area contributed by atoms with Crippen LogP contribution in [0.15, 0.2) is 74.7 Å². The van der Waals surface area contributed by atoms with Crippen molar-refractivity contribution in [1.29, 1.82) is 0 Å². The first kappa shape index (κ1) is 24.0. The number of rotatable bonds is 6. The van der Waals surface area contributed by atoms with Crippen molar-refractivity contribution in [2.75, 3.05) is 11.5 Å². The Bertz CT molecular complexity index is 1660. The van der Waals surface area contributed by atoms with Crippen LogP contribution in [0.2, 0.25) is 0 Å². The zero-order valence-corrected chi connectivity index (χ0v) is 19.5. The van der Waals surface area contributed by atoms with Gasteiger partial charge in [-0.05, 0) is 55.5 Å². The van der Waals surface area contributed by atoms with Gasteiger partial charge in [-0.1, -0.05) is 0 Å². The topological polar surface area (TPSA) is 221 Å². The Labute approximate surface area is 199 Å². The molecule has 4 aromatic rings. The van der Waals surface area contributed by atoms with E-state index in [4.69, 9.17) is 20.6 Å². The molecule has 2 heterocycles. The lowest BCUT2D eigenvalue weighted by Crippen LogP contribution is -2.03. The van der Waals surface area contributed by atoms with Crippen LogP contribution in [-0.2, 0) is 20.2 Å². The monoisotopic (exact) mass is 518 g/mol. The maximum Gasteiger partial charge on any atom is 0.294 e. The number of hydrogen-bond acceptors (Lipinski definition) is 10. The van der Waals surface area contributed by atoms with Crippen LogP contribution >= 0.6 is 0 Å². The molecule has 0 saturated heterocycles. The van der Waals surface area contributed by atoms with Gasteiger partial charge in [-0.15, -0.1) is 10.2 Å². The third-order valence-corrected chi connectivity index (χ3v) is 6.57. The molecule has 0 atom stereocenters. The zero-order chi connectivity index (χ0) is 25.5. The lowest BCUT2D eigenvalue weighted by molar-refractivity contribution is 0.481. The van der Waals surface area contributed by atoms with E-state index >= 15 is 0 Å². The molecular formula is C19H18N8O6S2. The van der Waals surface area contributed by atoms with E-state index in [-0.39, 0.29) is 32.8 Å². The first-order valence-electron chi connectivity index (χ1n) is 9.62. The second-order valence-electron chi connectivity index (χ2n) is 7.20. The normalized spacial score (nSPS) is 12.4. The molecule has 0 aliphatic heterocycles. The molecule has 0 amide bonds. The summed E-state index contributed by atoms with van der Waals surface area (Å²) in [7, 11) is -8.70. The minimum atomic E-state index is -4.35. The molecule has 14 nitrogen and oxygen atoms in total. The highest BCUT2D eigenvalue weighted by atomic mass is 32.2. The van der Waals surface area contributed by atoms with Crippen molar-refractivity contribution in [2.24, 2.45) is 10.2 Å². The summed E-state index contributed by atoms with van der Waals surface area (Å²) in [5, 5.41) is 16.7. The van der Waals surface area contributed by atoms with Crippen LogP contribution in [0, 0.1) is 6.92 Å². The van der Waals surface area contributed by atoms with E-state index in [1.807, 2.05) is 0 Å². The highest BCUT2D eigenvalue weighted by Gasteiger charge is 2.17. The van der Waals surface area contributed by atoms with Crippen molar-refractivity contribution in [2.45, 2.75) is 16.7 Å². The molecule has 0 radical (unpaired) electrons. The van der Waals surface area contributed by atoms with Gasteiger partial charge >= 0.3 is 0 Å². The Balaban J connectivity index is 1.68. The summed E-state index contributed by atoms with van der Waals surface area (Å²) in [5.74, 6) is 0.238. The molecule has 2 aromatic heterocycles. The van der Waals surface area contributed by atoms with Gasteiger partial charge in [-0.2, -0.15) is 27.0 Å². The zero-order valence-electron chi connectivity index (χ0n) is 17.9. The summed E-state index contributed by atoms with van der Waals surface area (Å²) in [4.78, 5) is -0.568. The van der Waals surface area contributed by atoms with E-state index in [0.717, 1.165) is 0 Å². The number of anilines is 2. The van der Waals surface area contributed by atoms with E-state index in [1.54, 1.807) is 6.92 Å². The highest BCUT2D eigenvalue weighted by Crippen LogP contribution is 2.33. The molecule has 0 saturated carbocycles. The Morgan fingerprint density at radius 3 is 1.77 bits per heavy atom. The van der Waals surface area contributed by atoms with E-state index in [2.05, 4.69) is 20.4 Å². The lowest BCUT2D eigenvalue weighted by atomic mass is 10.3. The largest absolute Gasteiger partial charge is 0.394 e. The van der Waals surface area contributed by atoms with Gasteiger partial charge in [0.15, 0.2) is 11.5 Å². The summed E-state index contributed by atoms with van der Waals surface area (Å²) in [6.45, 7) is 1.64. The Morgan fingerprint density at radius 2 is 1.29 bits per heavy atom. The predicted molar refractivity (Wildman–Crippen MR) is 124 cm³/mol. The van der Waals surface area contributed by atoms with Crippen LogP contribution in [0.3, 0.4) is 0 Å². The average molecular weight is 519 g/mol. The first-order valence-corrected chi connectivity index (χ1v) is 12.5. The summed E-state index contributed by atoms with van der Waals surface area (Å²) >= 11 is 0. The molecule has 6 N–H and O–H groups in total. The molecule has 0 fully saturated rings. The number of aromatic nitrogens is 4. The standard InChI is InChI=1S/C19H18N8O6S2/c1-11-17(18(21)26(25-11)12-2-6-14(7-3-12)34(28,29)30)23-24-19-16(20)10-22-27(19)13-4-8-15(9-5-13)35(31,32)33/h2-10H,20-21H2,1H3,(H,28,29,30)(H,31,32,33). The third-order valence-electron chi connectivity index (χ3n) is 4.84. The number of nitrogens with zero attached hydrogens (tertiary/aromatic N) is 6. The fraction of sp³-hybridized carbons (Fsp3) is 0.0526. The van der Waals surface area contributed by atoms with Gasteiger partial charge < -0.3 is 11.5 Å². The van der Waals surface area contributed by atoms with E-state index in [0.29, 0.717) is 17.1 Å². The second kappa shape index (κ2) is 8.58. The van der Waals surface area contributed by atoms with Gasteiger partial charge in [0.1, 0.15) is 0 Å². The van der Waals surface area contributed by atoms with E-state index < -0.39 is 20.2 Å². The number of nitrogen functional groups attached to an aromatic ring is 2. The number of hydrogen-bond donors (Lipinski definition) is 4. The van der Waals surface area contributed by atoms with E-state index in [9.17, 15) is 16.8 Å². The van der Waals surface area contributed by atoms with Crippen molar-refractivity contribution in [1.82, 2.24) is 19.6 Å². The molecule has 0 spiro atoms. The molecule has 182 valence electrons. The van der Waals surface area contributed by atoms with Crippen LogP contribution in [0.25, 0.3) is 11.4 Å². The molecule has 35 heavy (non-hydrogen) atoms. The quantitative estimate of drug-likeness (QED) is 0.215. The summed E-state index contributed by atoms with van der Waals surface area (Å²) in [6.07, 6.45) is 1.33. The SMILES string of the molecule is Cc1nn(-c2ccc(S(=O)(=O)O)cc2)c(N)c1N=Nc1c(N)cnn1-c1ccc(S(=O)(=O)O)cc1. The smallest absolute Gasteiger partial charge is 0.294 e. The summed E-state index contributed by atoms with van der Waals surface area (Å²) < 4.78 is 65.9. The Hall–Kier alpha value is -4.12. The van der Waals surface area contributed by atoms with Crippen LogP contribution in [0.1, 0.15) is 5.69 Å². The van der Waals surface area contributed by atoms with Crippen LogP contribution < -0.4 is 11.5 Å². The van der Waals surface area contributed by atoms with Crippen molar-refractivity contribution in [3.63, 3.8) is 0 Å². The van der Waals surface area contributed by atoms with Crippen molar-refractivity contribution in [3.8, 4) is 11.4 Å². The molecule has 0 bridgehead atoms. The van der Waals surface area contributed by atoms with Crippen LogP contribution in [-0.4, -0.2) is 45.5 Å². The van der Waals surface area contributed by atoms with Gasteiger partial charge in [0.2, 0.25) is 5.82 Å². The molecular weight excluding hydrogens is 500 g/mol. The minimum Gasteiger partial charge on any atom is -0.394 e. The Kier molecular flexibility index (Phi) is 5.89. The maximum absolute atomic E-state index is 11.3. The van der Waals surface area contributed by atoms with Gasteiger partial charge in [-0.25, -0.2) is 9.36 Å². The van der Waals surface area contributed by atoms with Crippen LogP contribution in [0.5, 0.6) is 0 Å². The number of benzene rings is 2. The second-order valence-corrected chi connectivity index (χ2v) is 10.0. The predicted octanol–water partition coefficient (Wildman–Crippen LogP) is 2.44. The number of aryl methyl sites for hydroxylation is 1. The fourth-order valence-electron chi connectivity index (χ4n) is 3.12. The first-order chi connectivity index (χ1) is 16.4. The Morgan fingerprint density at radius 1 is 0.800 bits per heavy atom. The third kappa shape index (κ3) is 4.76. The fourth-order valence-corrected chi connectivity index (χ4v) is 4.08. The lowest BCUT2D eigenvalue weighted by Gasteiger charge is -2.05. The highest BCUT2D eigenvalue weighted by molar-refractivity contribution is 7.86. The molecule has 0 aliphatic carbocycles. The number of nitrogens with two attached hydrogens (primary N) is 2. The number of azo groups is 1. The van der Waals surface area contributed by atoms with Crippen LogP contribution in [0.4, 0.5) is 23.0 Å². The van der Waals surface area contributed by atoms with Gasteiger partial charge in [0.25, 0.3) is 20.2 Å². The summed E-state index contributed by atoms with van der Waals surface area (Å²) in [5.41, 5.74) is 13.8. The molecule has 0 unspecified atom stereocenters. The van der Waals surface area contributed by atoms with Crippen molar-refractivity contribution >= 4 is 43.2 Å². The minimum absolute atomic E-state index is 0.105. The van der Waals surface area contributed by atoms with Crippen molar-refractivity contribution < 1.29 is 25.9 Å². The maximum atomic E-state index is 11.3. The van der Waals surface area contributed by atoms with Gasteiger partial charge in [0.05, 0.1) is 38.7 Å². The molecule has 4 rings (SSSR count). The van der Waals surface area contributed by atoms with Gasteiger partial charge in [-0.3, -0.25) is 9.11 Å². The van der Waals surface area contributed by atoms with Gasteiger partial charge in [0, 0.05) is 0 Å². The average Bonchev–Trinajstić information content (AvgIpc) is 3.30. The molecule has 2 aromatic carbocycles. The molecule has 16 heteroatoms. The summed E-state index contributed by atoms with van der Waals surface area (Å²) in [6, 6.07) is 10.4. The van der Waals surface area contributed by atoms with Crippen molar-refractivity contribution in [3.05, 3.63) is 60.4 Å².